The van der Waals surface area contributed by atoms with Crippen LogP contribution in [-0.2, 0) is 20.7 Å². The first-order valence-corrected chi connectivity index (χ1v) is 9.10. The standard InChI is InChI=1S/C22H27NO4/c1-6-18-9-7-8-15(3)21(18)23-22(25)17(5)27-20(24)13-26-19-11-10-14(2)16(4)12-19/h7-12,17H,6,13H2,1-5H3,(H,23,25)/t17-/m0/s1. The van der Waals surface area contributed by atoms with Crippen LogP contribution in [0.2, 0.25) is 0 Å². The molecule has 5 heteroatoms. The molecule has 0 aliphatic rings. The van der Waals surface area contributed by atoms with Crippen LogP contribution < -0.4 is 10.1 Å². The number of carbonyl (C=O) groups is 2. The molecule has 0 aliphatic carbocycles. The number of carbonyl (C=O) groups excluding carboxylic acids is 2. The average Bonchev–Trinajstić information content (AvgIpc) is 2.64. The molecule has 0 saturated carbocycles. The van der Waals surface area contributed by atoms with E-state index in [1.807, 2.05) is 58.0 Å². The predicted octanol–water partition coefficient (Wildman–Crippen LogP) is 4.12. The monoisotopic (exact) mass is 369 g/mol. The van der Waals surface area contributed by atoms with Gasteiger partial charge in [-0.15, -0.1) is 0 Å². The van der Waals surface area contributed by atoms with Crippen LogP contribution in [-0.4, -0.2) is 24.6 Å². The Bertz CT molecular complexity index is 829. The summed E-state index contributed by atoms with van der Waals surface area (Å²) in [5, 5.41) is 2.87. The van der Waals surface area contributed by atoms with Crippen molar-refractivity contribution in [2.75, 3.05) is 11.9 Å². The molecule has 0 aromatic heterocycles. The number of hydrogen-bond acceptors (Lipinski definition) is 4. The fourth-order valence-electron chi connectivity index (χ4n) is 2.66. The van der Waals surface area contributed by atoms with Gasteiger partial charge in [0.1, 0.15) is 5.75 Å². The third-order valence-corrected chi connectivity index (χ3v) is 4.50. The Hall–Kier alpha value is -2.82. The van der Waals surface area contributed by atoms with Crippen LogP contribution in [0.4, 0.5) is 5.69 Å². The van der Waals surface area contributed by atoms with Crippen molar-refractivity contribution in [2.45, 2.75) is 47.1 Å². The Morgan fingerprint density at radius 3 is 2.44 bits per heavy atom. The molecule has 2 rings (SSSR count). The molecule has 2 aromatic carbocycles. The van der Waals surface area contributed by atoms with Crippen LogP contribution in [0.3, 0.4) is 0 Å². The number of amides is 1. The smallest absolute Gasteiger partial charge is 0.344 e. The molecule has 0 bridgehead atoms. The molecule has 0 saturated heterocycles. The molecular weight excluding hydrogens is 342 g/mol. The molecule has 0 spiro atoms. The fourth-order valence-corrected chi connectivity index (χ4v) is 2.66. The lowest BCUT2D eigenvalue weighted by Crippen LogP contribution is -2.32. The van der Waals surface area contributed by atoms with Gasteiger partial charge in [0.15, 0.2) is 12.7 Å². The minimum atomic E-state index is -0.912. The van der Waals surface area contributed by atoms with E-state index >= 15 is 0 Å². The van der Waals surface area contributed by atoms with E-state index < -0.39 is 12.1 Å². The highest BCUT2D eigenvalue weighted by Crippen LogP contribution is 2.21. The molecule has 1 N–H and O–H groups in total. The normalized spacial score (nSPS) is 11.6. The minimum Gasteiger partial charge on any atom is -0.482 e. The lowest BCUT2D eigenvalue weighted by molar-refractivity contribution is -0.155. The Labute approximate surface area is 160 Å². The van der Waals surface area contributed by atoms with Gasteiger partial charge in [0, 0.05) is 5.69 Å². The van der Waals surface area contributed by atoms with Gasteiger partial charge in [-0.1, -0.05) is 31.2 Å². The molecule has 1 atom stereocenters. The van der Waals surface area contributed by atoms with Gasteiger partial charge in [-0.25, -0.2) is 4.79 Å². The number of anilines is 1. The van der Waals surface area contributed by atoms with Crippen molar-refractivity contribution in [1.82, 2.24) is 0 Å². The highest BCUT2D eigenvalue weighted by atomic mass is 16.6. The molecule has 0 unspecified atom stereocenters. The number of para-hydroxylation sites is 1. The predicted molar refractivity (Wildman–Crippen MR) is 106 cm³/mol. The van der Waals surface area contributed by atoms with E-state index in [-0.39, 0.29) is 12.5 Å². The minimum absolute atomic E-state index is 0.245. The van der Waals surface area contributed by atoms with Crippen LogP contribution >= 0.6 is 0 Å². The molecule has 1 amide bonds. The van der Waals surface area contributed by atoms with Crippen LogP contribution in [0.25, 0.3) is 0 Å². The topological polar surface area (TPSA) is 64.6 Å². The number of rotatable bonds is 7. The molecule has 2 aromatic rings. The van der Waals surface area contributed by atoms with Crippen molar-refractivity contribution in [3.8, 4) is 5.75 Å². The van der Waals surface area contributed by atoms with Crippen molar-refractivity contribution >= 4 is 17.6 Å². The van der Waals surface area contributed by atoms with E-state index in [1.54, 1.807) is 13.0 Å². The summed E-state index contributed by atoms with van der Waals surface area (Å²) in [6.07, 6.45) is -0.111. The van der Waals surface area contributed by atoms with Crippen LogP contribution in [0.5, 0.6) is 5.75 Å². The van der Waals surface area contributed by atoms with E-state index in [1.165, 1.54) is 0 Å². The van der Waals surface area contributed by atoms with Crippen LogP contribution in [0.15, 0.2) is 36.4 Å². The van der Waals surface area contributed by atoms with E-state index in [4.69, 9.17) is 9.47 Å². The molecule has 0 aliphatic heterocycles. The third-order valence-electron chi connectivity index (χ3n) is 4.50. The molecule has 144 valence electrons. The van der Waals surface area contributed by atoms with Crippen LogP contribution in [0, 0.1) is 20.8 Å². The van der Waals surface area contributed by atoms with Gasteiger partial charge in [-0.2, -0.15) is 0 Å². The zero-order valence-electron chi connectivity index (χ0n) is 16.6. The highest BCUT2D eigenvalue weighted by Gasteiger charge is 2.20. The molecule has 0 radical (unpaired) electrons. The quantitative estimate of drug-likeness (QED) is 0.746. The average molecular weight is 369 g/mol. The van der Waals surface area contributed by atoms with Crippen molar-refractivity contribution in [3.63, 3.8) is 0 Å². The first-order chi connectivity index (χ1) is 12.8. The summed E-state index contributed by atoms with van der Waals surface area (Å²) in [4.78, 5) is 24.4. The van der Waals surface area contributed by atoms with Crippen molar-refractivity contribution in [1.29, 1.82) is 0 Å². The Balaban J connectivity index is 1.90. The Kier molecular flexibility index (Phi) is 6.99. The number of hydrogen-bond donors (Lipinski definition) is 1. The van der Waals surface area contributed by atoms with Gasteiger partial charge in [-0.05, 0) is 68.5 Å². The fraction of sp³-hybridized carbons (Fsp3) is 0.364. The van der Waals surface area contributed by atoms with Gasteiger partial charge in [0.05, 0.1) is 0 Å². The van der Waals surface area contributed by atoms with Crippen molar-refractivity contribution in [2.24, 2.45) is 0 Å². The number of esters is 1. The lowest BCUT2D eigenvalue weighted by atomic mass is 10.1. The van der Waals surface area contributed by atoms with Gasteiger partial charge < -0.3 is 14.8 Å². The van der Waals surface area contributed by atoms with Crippen LogP contribution in [0.1, 0.15) is 36.1 Å². The number of ether oxygens (including phenoxy) is 2. The zero-order valence-corrected chi connectivity index (χ0v) is 16.6. The van der Waals surface area contributed by atoms with Gasteiger partial charge in [-0.3, -0.25) is 4.79 Å². The summed E-state index contributed by atoms with van der Waals surface area (Å²) in [6.45, 7) is 9.24. The third kappa shape index (κ3) is 5.58. The van der Waals surface area contributed by atoms with Gasteiger partial charge in [0.2, 0.25) is 0 Å². The van der Waals surface area contributed by atoms with E-state index in [0.717, 1.165) is 34.4 Å². The molecular formula is C22H27NO4. The first-order valence-electron chi connectivity index (χ1n) is 9.10. The van der Waals surface area contributed by atoms with E-state index in [0.29, 0.717) is 5.75 Å². The summed E-state index contributed by atoms with van der Waals surface area (Å²) < 4.78 is 10.6. The van der Waals surface area contributed by atoms with E-state index in [2.05, 4.69) is 5.32 Å². The Morgan fingerprint density at radius 1 is 1.04 bits per heavy atom. The zero-order chi connectivity index (χ0) is 20.0. The number of nitrogens with one attached hydrogen (secondary N) is 1. The largest absolute Gasteiger partial charge is 0.482 e. The number of benzene rings is 2. The highest BCUT2D eigenvalue weighted by molar-refractivity contribution is 5.96. The molecule has 0 fully saturated rings. The summed E-state index contributed by atoms with van der Waals surface area (Å²) in [5.41, 5.74) is 5.02. The second-order valence-electron chi connectivity index (χ2n) is 6.62. The maximum atomic E-state index is 12.4. The van der Waals surface area contributed by atoms with E-state index in [9.17, 15) is 9.59 Å². The number of aryl methyl sites for hydroxylation is 4. The summed E-state index contributed by atoms with van der Waals surface area (Å²) in [5.74, 6) is -0.352. The second-order valence-corrected chi connectivity index (χ2v) is 6.62. The van der Waals surface area contributed by atoms with Gasteiger partial charge in [0.25, 0.3) is 5.91 Å². The maximum Gasteiger partial charge on any atom is 0.344 e. The Morgan fingerprint density at radius 2 is 1.78 bits per heavy atom. The first kappa shape index (κ1) is 20.5. The molecule has 27 heavy (non-hydrogen) atoms. The molecule has 0 heterocycles. The SMILES string of the molecule is CCc1cccc(C)c1NC(=O)[C@H](C)OC(=O)COc1ccc(C)c(C)c1. The summed E-state index contributed by atoms with van der Waals surface area (Å²) >= 11 is 0. The lowest BCUT2D eigenvalue weighted by Gasteiger charge is -2.17. The summed E-state index contributed by atoms with van der Waals surface area (Å²) in [7, 11) is 0. The maximum absolute atomic E-state index is 12.4. The van der Waals surface area contributed by atoms with Gasteiger partial charge >= 0.3 is 5.97 Å². The second kappa shape index (κ2) is 9.21. The summed E-state index contributed by atoms with van der Waals surface area (Å²) in [6, 6.07) is 11.5. The van der Waals surface area contributed by atoms with Crippen molar-refractivity contribution in [3.05, 3.63) is 58.7 Å². The van der Waals surface area contributed by atoms with Crippen molar-refractivity contribution < 1.29 is 19.1 Å². The molecule has 5 nitrogen and oxygen atoms in total.